The first-order chi connectivity index (χ1) is 8.17. The molecule has 0 heterocycles. The van der Waals surface area contributed by atoms with E-state index in [2.05, 4.69) is 33.4 Å². The van der Waals surface area contributed by atoms with Gasteiger partial charge in [-0.1, -0.05) is 37.9 Å². The molecule has 2 atom stereocenters. The van der Waals surface area contributed by atoms with Crippen molar-refractivity contribution in [2.75, 3.05) is 27.7 Å². The molecule has 3 nitrogen and oxygen atoms in total. The van der Waals surface area contributed by atoms with E-state index >= 15 is 0 Å². The maximum absolute atomic E-state index is 9.75. The van der Waals surface area contributed by atoms with Crippen molar-refractivity contribution in [2.24, 2.45) is 5.92 Å². The summed E-state index contributed by atoms with van der Waals surface area (Å²) in [5.41, 5.74) is -2.87. The average molecular weight is 312 g/mol. The summed E-state index contributed by atoms with van der Waals surface area (Å²) >= 11 is 9.00. The van der Waals surface area contributed by atoms with Crippen molar-refractivity contribution in [3.8, 4) is 0 Å². The Morgan fingerprint density at radius 2 is 1.78 bits per heavy atom. The van der Waals surface area contributed by atoms with Gasteiger partial charge in [0, 0.05) is 0 Å². The zero-order valence-corrected chi connectivity index (χ0v) is 14.3. The molecule has 1 N–H and O–H groups in total. The van der Waals surface area contributed by atoms with Crippen molar-refractivity contribution >= 4 is 29.7 Å². The predicted molar refractivity (Wildman–Crippen MR) is 84.5 cm³/mol. The number of nitrogens with zero attached hydrogens (tertiary/aromatic N) is 1. The average Bonchev–Trinajstić information content (AvgIpc) is 2.39. The van der Waals surface area contributed by atoms with Gasteiger partial charge in [-0.25, -0.2) is 0 Å². The van der Waals surface area contributed by atoms with Gasteiger partial charge in [-0.15, -0.1) is 0 Å². The maximum Gasteiger partial charge on any atom is 0.242 e. The summed E-state index contributed by atoms with van der Waals surface area (Å²) in [5, 5.41) is 0. The Morgan fingerprint density at radius 3 is 2.17 bits per heavy atom. The van der Waals surface area contributed by atoms with Crippen LogP contribution < -0.4 is 0 Å². The summed E-state index contributed by atoms with van der Waals surface area (Å²) in [5.74, 6) is 0.520. The smallest absolute Gasteiger partial charge is 0.242 e. The van der Waals surface area contributed by atoms with E-state index in [9.17, 15) is 4.89 Å². The lowest BCUT2D eigenvalue weighted by Crippen LogP contribution is -2.44. The molecular weight excluding hydrogens is 285 g/mol. The molecule has 0 aliphatic heterocycles. The van der Waals surface area contributed by atoms with E-state index in [-0.39, 0.29) is 6.10 Å². The molecule has 108 valence electrons. The summed E-state index contributed by atoms with van der Waals surface area (Å²) in [4.78, 5) is 9.75. The minimum Gasteiger partial charge on any atom is -0.338 e. The van der Waals surface area contributed by atoms with Gasteiger partial charge < -0.3 is 13.9 Å². The van der Waals surface area contributed by atoms with E-state index in [1.54, 1.807) is 0 Å². The zero-order chi connectivity index (χ0) is 13.8. The van der Waals surface area contributed by atoms with Crippen LogP contribution in [0.5, 0.6) is 0 Å². The molecule has 1 fully saturated rings. The lowest BCUT2D eigenvalue weighted by molar-refractivity contribution is -0.873. The lowest BCUT2D eigenvalue weighted by Gasteiger charge is -2.34. The van der Waals surface area contributed by atoms with Crippen molar-refractivity contribution in [3.05, 3.63) is 0 Å². The molecule has 0 spiro atoms. The lowest BCUT2D eigenvalue weighted by atomic mass is 9.93. The second kappa shape index (κ2) is 7.05. The van der Waals surface area contributed by atoms with Gasteiger partial charge in [0.2, 0.25) is 5.69 Å². The van der Waals surface area contributed by atoms with Gasteiger partial charge in [0.05, 0.1) is 21.1 Å². The Kier molecular flexibility index (Phi) is 6.63. The van der Waals surface area contributed by atoms with Crippen molar-refractivity contribution in [2.45, 2.75) is 44.6 Å². The summed E-state index contributed by atoms with van der Waals surface area (Å²) in [7, 11) is 6.44. The molecule has 0 aromatic carbocycles. The third-order valence-electron chi connectivity index (χ3n) is 3.43. The fourth-order valence-corrected chi connectivity index (χ4v) is 3.95. The van der Waals surface area contributed by atoms with Crippen LogP contribution in [-0.4, -0.2) is 43.2 Å². The highest BCUT2D eigenvalue weighted by Gasteiger charge is 2.31. The topological polar surface area (TPSA) is 29.5 Å². The standard InChI is InChI=1S/C12H26NO2PS2/c1-13(2,3)10-12(15-16(14,17)18)11-8-6-4-5-7-9-11/h11-12H,4-10H2,1-3H3,(H-,14,17,18)/p+1. The van der Waals surface area contributed by atoms with Crippen LogP contribution in [0, 0.1) is 5.92 Å². The minimum absolute atomic E-state index is 0.0384. The molecule has 1 saturated carbocycles. The molecule has 0 aromatic heterocycles. The molecule has 2 unspecified atom stereocenters. The summed E-state index contributed by atoms with van der Waals surface area (Å²) < 4.78 is 6.56. The van der Waals surface area contributed by atoms with E-state index in [1.165, 1.54) is 38.5 Å². The second-order valence-corrected chi connectivity index (χ2v) is 11.5. The molecule has 18 heavy (non-hydrogen) atoms. The fraction of sp³-hybridized carbons (Fsp3) is 1.00. The van der Waals surface area contributed by atoms with Crippen molar-refractivity contribution < 1.29 is 13.9 Å². The molecular formula is C12H27NO2PS2+. The normalized spacial score (nSPS) is 24.3. The number of likely N-dealkylation sites (N-methyl/N-ethyl adjacent to an activating group) is 1. The molecule has 0 amide bonds. The molecule has 1 rings (SSSR count). The highest BCUT2D eigenvalue weighted by atomic mass is 32.9. The van der Waals surface area contributed by atoms with Crippen LogP contribution in [0.15, 0.2) is 0 Å². The summed E-state index contributed by atoms with van der Waals surface area (Å²) in [6.07, 6.45) is 7.59. The van der Waals surface area contributed by atoms with Gasteiger partial charge >= 0.3 is 0 Å². The Bertz CT molecular complexity index is 293. The van der Waals surface area contributed by atoms with Crippen LogP contribution in [0.3, 0.4) is 0 Å². The monoisotopic (exact) mass is 312 g/mol. The Balaban J connectivity index is 2.71. The van der Waals surface area contributed by atoms with Gasteiger partial charge in [-0.05, 0) is 30.6 Å². The first-order valence-electron chi connectivity index (χ1n) is 6.72. The maximum atomic E-state index is 9.75. The third-order valence-corrected chi connectivity index (χ3v) is 4.51. The number of thiol groups is 1. The van der Waals surface area contributed by atoms with E-state index in [0.29, 0.717) is 5.92 Å². The van der Waals surface area contributed by atoms with E-state index < -0.39 is 5.69 Å². The largest absolute Gasteiger partial charge is 0.338 e. The summed E-state index contributed by atoms with van der Waals surface area (Å²) in [6.45, 7) is 0.879. The molecule has 1 aliphatic carbocycles. The molecule has 1 aliphatic rings. The fourth-order valence-electron chi connectivity index (χ4n) is 2.67. The Morgan fingerprint density at radius 1 is 1.28 bits per heavy atom. The van der Waals surface area contributed by atoms with Crippen LogP contribution in [0.2, 0.25) is 0 Å². The van der Waals surface area contributed by atoms with E-state index in [4.69, 9.17) is 16.3 Å². The summed E-state index contributed by atoms with van der Waals surface area (Å²) in [6, 6.07) is 0. The first kappa shape index (κ1) is 16.9. The third kappa shape index (κ3) is 7.46. The van der Waals surface area contributed by atoms with Gasteiger partial charge in [-0.2, -0.15) is 0 Å². The zero-order valence-electron chi connectivity index (χ0n) is 11.7. The minimum atomic E-state index is -2.87. The first-order valence-corrected chi connectivity index (χ1v) is 10.5. The van der Waals surface area contributed by atoms with Crippen LogP contribution in [-0.2, 0) is 16.3 Å². The van der Waals surface area contributed by atoms with Crippen LogP contribution in [0.25, 0.3) is 0 Å². The van der Waals surface area contributed by atoms with E-state index in [1.807, 2.05) is 0 Å². The highest BCUT2D eigenvalue weighted by Crippen LogP contribution is 2.50. The Labute approximate surface area is 122 Å². The molecule has 6 heteroatoms. The highest BCUT2D eigenvalue weighted by molar-refractivity contribution is 8.59. The van der Waals surface area contributed by atoms with E-state index in [0.717, 1.165) is 11.0 Å². The van der Waals surface area contributed by atoms with Gasteiger partial charge in [0.1, 0.15) is 12.6 Å². The van der Waals surface area contributed by atoms with Crippen molar-refractivity contribution in [1.29, 1.82) is 0 Å². The van der Waals surface area contributed by atoms with Crippen molar-refractivity contribution in [1.82, 2.24) is 0 Å². The Hall–Kier alpha value is 0.880. The molecule has 0 aromatic rings. The number of quaternary nitrogens is 1. The number of hydrogen-bond donors (Lipinski definition) is 2. The van der Waals surface area contributed by atoms with Crippen LogP contribution in [0.4, 0.5) is 0 Å². The number of hydrogen-bond acceptors (Lipinski definition) is 2. The van der Waals surface area contributed by atoms with Gasteiger partial charge in [0.25, 0.3) is 0 Å². The molecule has 0 saturated heterocycles. The predicted octanol–water partition coefficient (Wildman–Crippen LogP) is 3.19. The second-order valence-electron chi connectivity index (χ2n) is 6.36. The SMILES string of the molecule is C[N+](C)(C)CC(OP(O)(=S)S)C1CCCCCC1. The van der Waals surface area contributed by atoms with Crippen LogP contribution >= 0.6 is 17.9 Å². The van der Waals surface area contributed by atoms with Crippen molar-refractivity contribution in [3.63, 3.8) is 0 Å². The quantitative estimate of drug-likeness (QED) is 0.354. The molecule has 0 radical (unpaired) electrons. The van der Waals surface area contributed by atoms with Gasteiger partial charge in [0.15, 0.2) is 0 Å². The molecule has 0 bridgehead atoms. The van der Waals surface area contributed by atoms with Crippen LogP contribution in [0.1, 0.15) is 38.5 Å². The van der Waals surface area contributed by atoms with Gasteiger partial charge in [-0.3, -0.25) is 0 Å². The number of rotatable bonds is 5.